The zero-order valence-electron chi connectivity index (χ0n) is 15.1. The van der Waals surface area contributed by atoms with Crippen molar-refractivity contribution in [3.05, 3.63) is 30.1 Å². The lowest BCUT2D eigenvalue weighted by Crippen LogP contribution is -2.58. The molecule has 0 saturated carbocycles. The highest BCUT2D eigenvalue weighted by atomic mass is 19.1. The van der Waals surface area contributed by atoms with Gasteiger partial charge in [0.1, 0.15) is 5.82 Å². The van der Waals surface area contributed by atoms with Crippen LogP contribution in [-0.4, -0.2) is 30.1 Å². The van der Waals surface area contributed by atoms with E-state index in [1.54, 1.807) is 0 Å². The van der Waals surface area contributed by atoms with E-state index in [1.807, 2.05) is 6.92 Å². The standard InChI is InChI=1S/C19H24FN3O3/c1-3-4-5-6-7-13(2)21-12-16-17(24)22-19(26)23(18(16)25)15-10-8-14(20)9-11-15/h8-13,16H,3-7H2,1-2H3,(H,22,24,26)/t13-,16?/m0/s1. The van der Waals surface area contributed by atoms with E-state index in [0.29, 0.717) is 0 Å². The molecule has 0 bridgehead atoms. The summed E-state index contributed by atoms with van der Waals surface area (Å²) in [5.41, 5.74) is 0.201. The molecule has 6 nitrogen and oxygen atoms in total. The van der Waals surface area contributed by atoms with E-state index in [2.05, 4.69) is 17.2 Å². The summed E-state index contributed by atoms with van der Waals surface area (Å²) >= 11 is 0. The lowest BCUT2D eigenvalue weighted by molar-refractivity contribution is -0.131. The minimum atomic E-state index is -1.17. The smallest absolute Gasteiger partial charge is 0.293 e. The molecule has 1 aromatic carbocycles. The van der Waals surface area contributed by atoms with Gasteiger partial charge in [-0.2, -0.15) is 0 Å². The molecule has 1 aromatic rings. The van der Waals surface area contributed by atoms with E-state index in [1.165, 1.54) is 24.8 Å². The van der Waals surface area contributed by atoms with E-state index >= 15 is 0 Å². The lowest BCUT2D eigenvalue weighted by Gasteiger charge is -2.28. The minimum absolute atomic E-state index is 0.00986. The number of nitrogens with zero attached hydrogens (tertiary/aromatic N) is 2. The molecule has 0 spiro atoms. The predicted molar refractivity (Wildman–Crippen MR) is 97.6 cm³/mol. The molecule has 1 aliphatic heterocycles. The van der Waals surface area contributed by atoms with Crippen LogP contribution in [0, 0.1) is 11.7 Å². The molecule has 26 heavy (non-hydrogen) atoms. The van der Waals surface area contributed by atoms with Crippen molar-refractivity contribution >= 4 is 29.7 Å². The summed E-state index contributed by atoms with van der Waals surface area (Å²) in [7, 11) is 0. The van der Waals surface area contributed by atoms with Crippen LogP contribution in [0.15, 0.2) is 29.3 Å². The Kier molecular flexibility index (Phi) is 7.00. The number of benzene rings is 1. The number of rotatable bonds is 8. The number of carbonyl (C=O) groups excluding carboxylic acids is 3. The molecule has 0 aromatic heterocycles. The summed E-state index contributed by atoms with van der Waals surface area (Å²) in [5, 5.41) is 2.15. The van der Waals surface area contributed by atoms with Crippen molar-refractivity contribution in [2.75, 3.05) is 4.90 Å². The number of barbiturate groups is 1. The molecule has 2 rings (SSSR count). The Morgan fingerprint density at radius 3 is 2.54 bits per heavy atom. The van der Waals surface area contributed by atoms with E-state index < -0.39 is 29.6 Å². The van der Waals surface area contributed by atoms with Gasteiger partial charge in [0.15, 0.2) is 5.92 Å². The van der Waals surface area contributed by atoms with Gasteiger partial charge in [0.2, 0.25) is 5.91 Å². The Morgan fingerprint density at radius 1 is 1.19 bits per heavy atom. The van der Waals surface area contributed by atoms with Gasteiger partial charge in [0.05, 0.1) is 5.69 Å². The molecule has 1 heterocycles. The SMILES string of the molecule is CCCCCC[C@H](C)N=CC1C(=O)NC(=O)N(c2ccc(F)cc2)C1=O. The van der Waals surface area contributed by atoms with E-state index in [-0.39, 0.29) is 11.7 Å². The van der Waals surface area contributed by atoms with Crippen molar-refractivity contribution in [2.45, 2.75) is 52.0 Å². The Morgan fingerprint density at radius 2 is 1.88 bits per heavy atom. The van der Waals surface area contributed by atoms with Gasteiger partial charge < -0.3 is 0 Å². The first kappa shape index (κ1) is 19.8. The molecule has 0 aliphatic carbocycles. The van der Waals surface area contributed by atoms with Crippen molar-refractivity contribution < 1.29 is 18.8 Å². The van der Waals surface area contributed by atoms with Gasteiger partial charge in [-0.3, -0.25) is 19.9 Å². The van der Waals surface area contributed by atoms with Crippen molar-refractivity contribution in [1.29, 1.82) is 0 Å². The van der Waals surface area contributed by atoms with Crippen LogP contribution in [0.1, 0.15) is 46.0 Å². The Hall–Kier alpha value is -2.57. The van der Waals surface area contributed by atoms with Crippen molar-refractivity contribution in [3.8, 4) is 0 Å². The maximum atomic E-state index is 13.1. The predicted octanol–water partition coefficient (Wildman–Crippen LogP) is 3.45. The average molecular weight is 361 g/mol. The van der Waals surface area contributed by atoms with Crippen molar-refractivity contribution in [1.82, 2.24) is 5.32 Å². The second-order valence-corrected chi connectivity index (χ2v) is 6.42. The van der Waals surface area contributed by atoms with E-state index in [0.717, 1.165) is 42.7 Å². The molecule has 140 valence electrons. The summed E-state index contributed by atoms with van der Waals surface area (Å²) < 4.78 is 13.1. The van der Waals surface area contributed by atoms with Crippen LogP contribution in [0.5, 0.6) is 0 Å². The molecule has 0 radical (unpaired) electrons. The van der Waals surface area contributed by atoms with E-state index in [4.69, 9.17) is 0 Å². The summed E-state index contributed by atoms with van der Waals surface area (Å²) in [5.74, 6) is -3.03. The highest BCUT2D eigenvalue weighted by molar-refractivity contribution is 6.32. The van der Waals surface area contributed by atoms with Gasteiger partial charge in [-0.15, -0.1) is 0 Å². The molecule has 1 unspecified atom stereocenters. The molecule has 2 atom stereocenters. The van der Waals surface area contributed by atoms with Crippen LogP contribution in [0.25, 0.3) is 0 Å². The summed E-state index contributed by atoms with van der Waals surface area (Å²) in [6.07, 6.45) is 6.69. The maximum absolute atomic E-state index is 13.1. The monoisotopic (exact) mass is 361 g/mol. The molecular formula is C19H24FN3O3. The van der Waals surface area contributed by atoms with Gasteiger partial charge >= 0.3 is 6.03 Å². The van der Waals surface area contributed by atoms with Crippen LogP contribution >= 0.6 is 0 Å². The Balaban J connectivity index is 2.06. The molecule has 1 fully saturated rings. The number of hydrogen-bond donors (Lipinski definition) is 1. The van der Waals surface area contributed by atoms with Crippen LogP contribution < -0.4 is 10.2 Å². The zero-order valence-corrected chi connectivity index (χ0v) is 15.1. The van der Waals surface area contributed by atoms with Crippen LogP contribution in [0.4, 0.5) is 14.9 Å². The minimum Gasteiger partial charge on any atom is -0.293 e. The average Bonchev–Trinajstić information content (AvgIpc) is 2.60. The highest BCUT2D eigenvalue weighted by Gasteiger charge is 2.40. The number of anilines is 1. The van der Waals surface area contributed by atoms with Gasteiger partial charge in [0.25, 0.3) is 5.91 Å². The summed E-state index contributed by atoms with van der Waals surface area (Å²) in [6.45, 7) is 4.07. The van der Waals surface area contributed by atoms with Gasteiger partial charge in [-0.1, -0.05) is 32.6 Å². The van der Waals surface area contributed by atoms with Crippen molar-refractivity contribution in [2.24, 2.45) is 10.9 Å². The Labute approximate surface area is 152 Å². The number of hydrogen-bond acceptors (Lipinski definition) is 4. The molecule has 1 N–H and O–H groups in total. The number of imide groups is 2. The van der Waals surface area contributed by atoms with Crippen LogP contribution in [0.2, 0.25) is 0 Å². The Bertz CT molecular complexity index is 688. The fourth-order valence-electron chi connectivity index (χ4n) is 2.73. The third-order valence-electron chi connectivity index (χ3n) is 4.25. The first-order chi connectivity index (χ1) is 12.4. The lowest BCUT2D eigenvalue weighted by atomic mass is 10.0. The number of carbonyl (C=O) groups is 3. The van der Waals surface area contributed by atoms with E-state index in [9.17, 15) is 18.8 Å². The van der Waals surface area contributed by atoms with Gasteiger partial charge in [-0.25, -0.2) is 14.1 Å². The summed E-state index contributed by atoms with van der Waals surface area (Å²) in [6, 6.07) is 4.07. The number of nitrogens with one attached hydrogen (secondary N) is 1. The number of unbranched alkanes of at least 4 members (excludes halogenated alkanes) is 3. The molecule has 1 saturated heterocycles. The normalized spacial score (nSPS) is 19.1. The first-order valence-corrected chi connectivity index (χ1v) is 8.91. The molecule has 7 heteroatoms. The summed E-state index contributed by atoms with van der Waals surface area (Å²) in [4.78, 5) is 41.8. The third kappa shape index (κ3) is 4.97. The van der Waals surface area contributed by atoms with Crippen molar-refractivity contribution in [3.63, 3.8) is 0 Å². The maximum Gasteiger partial charge on any atom is 0.335 e. The number of halogens is 1. The van der Waals surface area contributed by atoms with Gasteiger partial charge in [-0.05, 0) is 37.6 Å². The topological polar surface area (TPSA) is 78.8 Å². The largest absolute Gasteiger partial charge is 0.335 e. The molecule has 1 aliphatic rings. The molecular weight excluding hydrogens is 337 g/mol. The van der Waals surface area contributed by atoms with Gasteiger partial charge in [0, 0.05) is 12.3 Å². The zero-order chi connectivity index (χ0) is 19.1. The second kappa shape index (κ2) is 9.22. The fraction of sp³-hybridized carbons (Fsp3) is 0.474. The highest BCUT2D eigenvalue weighted by Crippen LogP contribution is 2.20. The van der Waals surface area contributed by atoms with Crippen LogP contribution in [0.3, 0.4) is 0 Å². The molecule has 4 amide bonds. The number of amides is 4. The fourth-order valence-corrected chi connectivity index (χ4v) is 2.73. The second-order valence-electron chi connectivity index (χ2n) is 6.42. The first-order valence-electron chi connectivity index (χ1n) is 8.91. The quantitative estimate of drug-likeness (QED) is 0.437. The number of aliphatic imine (C=N–C) groups is 1. The third-order valence-corrected chi connectivity index (χ3v) is 4.25. The number of urea groups is 1. The van der Waals surface area contributed by atoms with Crippen LogP contribution in [-0.2, 0) is 9.59 Å².